The smallest absolute Gasteiger partial charge is 0.287 e. The molecular weight excluding hydrogens is 340 g/mol. The van der Waals surface area contributed by atoms with Crippen LogP contribution in [0.1, 0.15) is 27.3 Å². The van der Waals surface area contributed by atoms with Gasteiger partial charge in [-0.3, -0.25) is 9.59 Å². The highest BCUT2D eigenvalue weighted by atomic mass is 16.6. The lowest BCUT2D eigenvalue weighted by atomic mass is 10.1. The van der Waals surface area contributed by atoms with Crippen molar-refractivity contribution in [1.29, 1.82) is 0 Å². The van der Waals surface area contributed by atoms with E-state index in [2.05, 4.69) is 5.32 Å². The summed E-state index contributed by atoms with van der Waals surface area (Å²) < 4.78 is 21.6. The monoisotopic (exact) mass is 360 g/mol. The second-order valence-corrected chi connectivity index (χ2v) is 5.81. The van der Waals surface area contributed by atoms with E-state index in [9.17, 15) is 9.59 Å². The summed E-state index contributed by atoms with van der Waals surface area (Å²) in [5.41, 5.74) is 5.62. The van der Waals surface area contributed by atoms with E-state index >= 15 is 0 Å². The van der Waals surface area contributed by atoms with E-state index in [0.717, 1.165) is 0 Å². The molecule has 1 saturated heterocycles. The minimum absolute atomic E-state index is 0.165. The zero-order chi connectivity index (χ0) is 18.5. The highest BCUT2D eigenvalue weighted by molar-refractivity contribution is 5.93. The Morgan fingerprint density at radius 2 is 1.96 bits per heavy atom. The fourth-order valence-electron chi connectivity index (χ4n) is 2.66. The van der Waals surface area contributed by atoms with Crippen LogP contribution in [0.2, 0.25) is 0 Å². The molecule has 1 aromatic heterocycles. The first-order chi connectivity index (χ1) is 12.6. The molecule has 0 radical (unpaired) electrons. The molecular formula is C18H20N2O6. The number of amides is 2. The van der Waals surface area contributed by atoms with Crippen molar-refractivity contribution in [2.24, 2.45) is 5.73 Å². The summed E-state index contributed by atoms with van der Waals surface area (Å²) >= 11 is 0. The van der Waals surface area contributed by atoms with Gasteiger partial charge in [-0.1, -0.05) is 0 Å². The molecule has 0 unspecified atom stereocenters. The van der Waals surface area contributed by atoms with Crippen molar-refractivity contribution in [2.45, 2.75) is 18.6 Å². The lowest BCUT2D eigenvalue weighted by Crippen LogP contribution is -2.51. The molecule has 1 aliphatic rings. The van der Waals surface area contributed by atoms with Crippen LogP contribution in [0.5, 0.6) is 11.7 Å². The Labute approximate surface area is 150 Å². The Hall–Kier alpha value is -3.00. The van der Waals surface area contributed by atoms with Gasteiger partial charge in [0.15, 0.2) is 5.76 Å². The van der Waals surface area contributed by atoms with Gasteiger partial charge in [0.05, 0.1) is 19.8 Å². The van der Waals surface area contributed by atoms with Crippen molar-refractivity contribution < 1.29 is 28.2 Å². The van der Waals surface area contributed by atoms with Gasteiger partial charge >= 0.3 is 0 Å². The van der Waals surface area contributed by atoms with Crippen LogP contribution in [0.4, 0.5) is 0 Å². The number of hydrogen-bond acceptors (Lipinski definition) is 6. The molecule has 26 heavy (non-hydrogen) atoms. The Morgan fingerprint density at radius 1 is 1.19 bits per heavy atom. The number of benzene rings is 1. The number of primary amides is 1. The molecule has 0 spiro atoms. The lowest BCUT2D eigenvalue weighted by molar-refractivity contribution is -0.0137. The molecule has 2 atom stereocenters. The summed E-state index contributed by atoms with van der Waals surface area (Å²) in [6.45, 7) is 0.858. The standard InChI is InChI=1S/C18H20N2O6/c1-23-16-7-6-14(26-16)18(22)20-13-8-9-24-10-15(13)25-12-4-2-11(3-5-12)17(19)21/h2-7,13,15H,8-10H2,1H3,(H2,19,21)(H,20,22)/t13-,15-/m1/s1. The van der Waals surface area contributed by atoms with Gasteiger partial charge in [-0.2, -0.15) is 0 Å². The molecule has 1 aliphatic heterocycles. The maximum absolute atomic E-state index is 12.4. The van der Waals surface area contributed by atoms with E-state index < -0.39 is 5.91 Å². The predicted octanol–water partition coefficient (Wildman–Crippen LogP) is 1.35. The molecule has 8 nitrogen and oxygen atoms in total. The molecule has 0 aliphatic carbocycles. The Balaban J connectivity index is 1.65. The largest absolute Gasteiger partial charge is 0.486 e. The summed E-state index contributed by atoms with van der Waals surface area (Å²) in [4.78, 5) is 23.5. The minimum Gasteiger partial charge on any atom is -0.486 e. The number of hydrogen-bond donors (Lipinski definition) is 2. The average Bonchev–Trinajstić information content (AvgIpc) is 3.13. The summed E-state index contributed by atoms with van der Waals surface area (Å²) in [5, 5.41) is 2.91. The maximum Gasteiger partial charge on any atom is 0.287 e. The number of ether oxygens (including phenoxy) is 3. The second-order valence-electron chi connectivity index (χ2n) is 5.81. The van der Waals surface area contributed by atoms with Crippen LogP contribution < -0.4 is 20.5 Å². The number of nitrogens with two attached hydrogens (primary N) is 1. The van der Waals surface area contributed by atoms with Gasteiger partial charge in [0.2, 0.25) is 5.91 Å². The lowest BCUT2D eigenvalue weighted by Gasteiger charge is -2.32. The molecule has 138 valence electrons. The van der Waals surface area contributed by atoms with Crippen LogP contribution in [-0.4, -0.2) is 44.3 Å². The molecule has 0 saturated carbocycles. The van der Waals surface area contributed by atoms with E-state index in [4.69, 9.17) is 24.4 Å². The molecule has 1 fully saturated rings. The number of nitrogens with one attached hydrogen (secondary N) is 1. The van der Waals surface area contributed by atoms with Gasteiger partial charge in [-0.05, 0) is 36.8 Å². The average molecular weight is 360 g/mol. The first-order valence-corrected chi connectivity index (χ1v) is 8.16. The van der Waals surface area contributed by atoms with Crippen LogP contribution in [-0.2, 0) is 4.74 Å². The number of furan rings is 1. The van der Waals surface area contributed by atoms with Crippen molar-refractivity contribution in [1.82, 2.24) is 5.32 Å². The van der Waals surface area contributed by atoms with Crippen molar-refractivity contribution in [3.63, 3.8) is 0 Å². The number of rotatable bonds is 6. The van der Waals surface area contributed by atoms with E-state index in [1.165, 1.54) is 7.11 Å². The highest BCUT2D eigenvalue weighted by Gasteiger charge is 2.30. The number of methoxy groups -OCH3 is 1. The molecule has 2 amide bonds. The highest BCUT2D eigenvalue weighted by Crippen LogP contribution is 2.20. The van der Waals surface area contributed by atoms with Crippen LogP contribution in [0.3, 0.4) is 0 Å². The third-order valence-electron chi connectivity index (χ3n) is 4.05. The molecule has 0 bridgehead atoms. The molecule has 2 heterocycles. The van der Waals surface area contributed by atoms with Crippen molar-refractivity contribution in [2.75, 3.05) is 20.3 Å². The number of carbonyl (C=O) groups is 2. The molecule has 3 rings (SSSR count). The third-order valence-corrected chi connectivity index (χ3v) is 4.05. The maximum atomic E-state index is 12.4. The van der Waals surface area contributed by atoms with Crippen LogP contribution in [0.15, 0.2) is 40.8 Å². The van der Waals surface area contributed by atoms with Crippen molar-refractivity contribution in [3.8, 4) is 11.7 Å². The number of carbonyl (C=O) groups excluding carboxylic acids is 2. The first kappa shape index (κ1) is 17.8. The Morgan fingerprint density at radius 3 is 2.62 bits per heavy atom. The molecule has 1 aromatic carbocycles. The summed E-state index contributed by atoms with van der Waals surface area (Å²) in [6, 6.07) is 9.37. The second kappa shape index (κ2) is 7.92. The fourth-order valence-corrected chi connectivity index (χ4v) is 2.66. The molecule has 3 N–H and O–H groups in total. The van der Waals surface area contributed by atoms with Crippen LogP contribution in [0.25, 0.3) is 0 Å². The van der Waals surface area contributed by atoms with Crippen LogP contribution in [0, 0.1) is 0 Å². The van der Waals surface area contributed by atoms with Gasteiger partial charge in [0, 0.05) is 18.2 Å². The van der Waals surface area contributed by atoms with Gasteiger partial charge in [-0.25, -0.2) is 0 Å². The fraction of sp³-hybridized carbons (Fsp3) is 0.333. The summed E-state index contributed by atoms with van der Waals surface area (Å²) in [7, 11) is 1.46. The molecule has 2 aromatic rings. The van der Waals surface area contributed by atoms with Gasteiger partial charge in [-0.15, -0.1) is 0 Å². The van der Waals surface area contributed by atoms with Gasteiger partial charge in [0.25, 0.3) is 11.9 Å². The zero-order valence-corrected chi connectivity index (χ0v) is 14.3. The summed E-state index contributed by atoms with van der Waals surface area (Å²) in [6.07, 6.45) is 0.233. The third kappa shape index (κ3) is 4.15. The van der Waals surface area contributed by atoms with Crippen molar-refractivity contribution >= 4 is 11.8 Å². The zero-order valence-electron chi connectivity index (χ0n) is 14.3. The normalized spacial score (nSPS) is 19.6. The van der Waals surface area contributed by atoms with E-state index in [1.807, 2.05) is 0 Å². The molecule has 8 heteroatoms. The predicted molar refractivity (Wildman–Crippen MR) is 91.3 cm³/mol. The van der Waals surface area contributed by atoms with Crippen molar-refractivity contribution in [3.05, 3.63) is 47.7 Å². The summed E-state index contributed by atoms with van der Waals surface area (Å²) in [5.74, 6) is 0.140. The quantitative estimate of drug-likeness (QED) is 0.804. The van der Waals surface area contributed by atoms with Gasteiger partial charge in [0.1, 0.15) is 11.9 Å². The first-order valence-electron chi connectivity index (χ1n) is 8.16. The van der Waals surface area contributed by atoms with E-state index in [1.54, 1.807) is 36.4 Å². The minimum atomic E-state index is -0.503. The Bertz CT molecular complexity index is 770. The topological polar surface area (TPSA) is 113 Å². The van der Waals surface area contributed by atoms with Gasteiger partial charge < -0.3 is 29.7 Å². The SMILES string of the molecule is COc1ccc(C(=O)N[C@@H]2CCOC[C@H]2Oc2ccc(C(N)=O)cc2)o1. The van der Waals surface area contributed by atoms with E-state index in [-0.39, 0.29) is 29.8 Å². The Kier molecular flexibility index (Phi) is 5.43. The van der Waals surface area contributed by atoms with Crippen LogP contribution >= 0.6 is 0 Å². The van der Waals surface area contributed by atoms with E-state index in [0.29, 0.717) is 30.9 Å².